The van der Waals surface area contributed by atoms with Gasteiger partial charge in [0.2, 0.25) is 0 Å². The quantitative estimate of drug-likeness (QED) is 0.829. The molecule has 0 N–H and O–H groups in total. The van der Waals surface area contributed by atoms with Crippen LogP contribution in [0.25, 0.3) is 0 Å². The lowest BCUT2D eigenvalue weighted by molar-refractivity contribution is 0.270. The van der Waals surface area contributed by atoms with Crippen molar-refractivity contribution in [2.24, 2.45) is 0 Å². The number of thiazole rings is 1. The fourth-order valence-corrected chi connectivity index (χ4v) is 3.26. The van der Waals surface area contributed by atoms with Crippen molar-refractivity contribution < 1.29 is 0 Å². The van der Waals surface area contributed by atoms with E-state index in [1.165, 1.54) is 19.4 Å². The van der Waals surface area contributed by atoms with Crippen LogP contribution in [0.2, 0.25) is 5.15 Å². The van der Waals surface area contributed by atoms with Crippen molar-refractivity contribution >= 4 is 28.1 Å². The molecule has 1 fully saturated rings. The summed E-state index contributed by atoms with van der Waals surface area (Å²) in [7, 11) is 2.10. The molecule has 0 bridgehead atoms. The molecule has 90 valence electrons. The first-order valence-corrected chi connectivity index (χ1v) is 7.02. The minimum atomic E-state index is 0.602. The molecule has 0 aromatic carbocycles. The van der Waals surface area contributed by atoms with E-state index in [1.807, 2.05) is 5.38 Å². The van der Waals surface area contributed by atoms with Crippen LogP contribution < -0.4 is 4.90 Å². The third kappa shape index (κ3) is 2.67. The van der Waals surface area contributed by atoms with E-state index in [0.29, 0.717) is 11.2 Å². The third-order valence-corrected chi connectivity index (χ3v) is 4.46. The van der Waals surface area contributed by atoms with E-state index >= 15 is 0 Å². The number of hydrogen-bond acceptors (Lipinski definition) is 4. The van der Waals surface area contributed by atoms with Gasteiger partial charge in [-0.2, -0.15) is 0 Å². The predicted molar refractivity (Wildman–Crippen MR) is 70.7 cm³/mol. The average Bonchev–Trinajstić information content (AvgIpc) is 2.86. The Balaban J connectivity index is 1.94. The number of halogens is 1. The Hall–Kier alpha value is -0.320. The molecule has 2 heterocycles. The fraction of sp³-hybridized carbons (Fsp3) is 0.727. The van der Waals surface area contributed by atoms with Gasteiger partial charge >= 0.3 is 0 Å². The van der Waals surface area contributed by atoms with Crippen LogP contribution in [0.3, 0.4) is 0 Å². The lowest BCUT2D eigenvalue weighted by Gasteiger charge is -2.27. The summed E-state index contributed by atoms with van der Waals surface area (Å²) < 4.78 is 0. The number of nitrogens with zero attached hydrogens (tertiary/aromatic N) is 3. The second kappa shape index (κ2) is 5.34. The largest absolute Gasteiger partial charge is 0.350 e. The van der Waals surface area contributed by atoms with Crippen LogP contribution in [0.1, 0.15) is 19.8 Å². The number of rotatable bonds is 4. The monoisotopic (exact) mass is 259 g/mol. The van der Waals surface area contributed by atoms with Crippen molar-refractivity contribution in [2.45, 2.75) is 25.8 Å². The number of likely N-dealkylation sites (N-methyl/N-ethyl adjacent to an activating group) is 2. The van der Waals surface area contributed by atoms with Crippen LogP contribution in [-0.4, -0.2) is 42.6 Å². The Morgan fingerprint density at radius 2 is 2.50 bits per heavy atom. The molecule has 0 spiro atoms. The molecular formula is C11H18ClN3S. The van der Waals surface area contributed by atoms with Crippen molar-refractivity contribution in [1.29, 1.82) is 0 Å². The average molecular weight is 260 g/mol. The van der Waals surface area contributed by atoms with Gasteiger partial charge in [-0.25, -0.2) is 4.98 Å². The van der Waals surface area contributed by atoms with Crippen molar-refractivity contribution in [3.63, 3.8) is 0 Å². The molecule has 0 radical (unpaired) electrons. The maximum Gasteiger partial charge on any atom is 0.186 e. The van der Waals surface area contributed by atoms with Crippen LogP contribution in [-0.2, 0) is 0 Å². The summed E-state index contributed by atoms with van der Waals surface area (Å²) in [6.07, 6.45) is 2.63. The molecule has 1 aliphatic rings. The van der Waals surface area contributed by atoms with Gasteiger partial charge in [-0.05, 0) is 25.9 Å². The normalized spacial score (nSPS) is 21.6. The van der Waals surface area contributed by atoms with Gasteiger partial charge in [-0.3, -0.25) is 4.90 Å². The number of hydrogen-bond donors (Lipinski definition) is 0. The van der Waals surface area contributed by atoms with Gasteiger partial charge in [0.15, 0.2) is 5.13 Å². The second-order valence-electron chi connectivity index (χ2n) is 4.26. The van der Waals surface area contributed by atoms with Crippen molar-refractivity contribution in [3.8, 4) is 0 Å². The maximum atomic E-state index is 5.84. The molecule has 1 aromatic rings. The SMILES string of the molecule is CCN1CCCC1CN(C)c1nc(Cl)cs1. The Morgan fingerprint density at radius 3 is 3.12 bits per heavy atom. The van der Waals surface area contributed by atoms with E-state index in [4.69, 9.17) is 11.6 Å². The molecule has 0 saturated carbocycles. The van der Waals surface area contributed by atoms with E-state index < -0.39 is 0 Å². The molecule has 1 saturated heterocycles. The van der Waals surface area contributed by atoms with Gasteiger partial charge in [-0.1, -0.05) is 18.5 Å². The van der Waals surface area contributed by atoms with E-state index in [-0.39, 0.29) is 0 Å². The molecule has 16 heavy (non-hydrogen) atoms. The lowest BCUT2D eigenvalue weighted by atomic mass is 10.2. The molecule has 2 rings (SSSR count). The second-order valence-corrected chi connectivity index (χ2v) is 5.48. The zero-order valence-corrected chi connectivity index (χ0v) is 11.4. The molecule has 0 amide bonds. The van der Waals surface area contributed by atoms with Crippen molar-refractivity contribution in [1.82, 2.24) is 9.88 Å². The Morgan fingerprint density at radius 1 is 1.69 bits per heavy atom. The summed E-state index contributed by atoms with van der Waals surface area (Å²) in [6, 6.07) is 0.678. The van der Waals surface area contributed by atoms with Crippen LogP contribution in [0.15, 0.2) is 5.38 Å². The Kier molecular flexibility index (Phi) is 4.05. The molecular weight excluding hydrogens is 242 g/mol. The lowest BCUT2D eigenvalue weighted by Crippen LogP contribution is -2.38. The summed E-state index contributed by atoms with van der Waals surface area (Å²) in [5.74, 6) is 0. The fourth-order valence-electron chi connectivity index (χ4n) is 2.33. The highest BCUT2D eigenvalue weighted by Gasteiger charge is 2.24. The first-order chi connectivity index (χ1) is 7.70. The summed E-state index contributed by atoms with van der Waals surface area (Å²) >= 11 is 7.45. The van der Waals surface area contributed by atoms with Crippen LogP contribution in [0.4, 0.5) is 5.13 Å². The van der Waals surface area contributed by atoms with E-state index in [2.05, 4.69) is 28.8 Å². The van der Waals surface area contributed by atoms with Crippen molar-refractivity contribution in [2.75, 3.05) is 31.6 Å². The maximum absolute atomic E-state index is 5.84. The van der Waals surface area contributed by atoms with Gasteiger partial charge in [0.25, 0.3) is 0 Å². The van der Waals surface area contributed by atoms with Crippen LogP contribution in [0, 0.1) is 0 Å². The summed E-state index contributed by atoms with van der Waals surface area (Å²) in [4.78, 5) is 9.06. The summed E-state index contributed by atoms with van der Waals surface area (Å²) in [5, 5.41) is 3.51. The molecule has 1 atom stereocenters. The van der Waals surface area contributed by atoms with E-state index in [0.717, 1.165) is 18.2 Å². The molecule has 1 aliphatic heterocycles. The van der Waals surface area contributed by atoms with Crippen molar-refractivity contribution in [3.05, 3.63) is 10.5 Å². The molecule has 1 unspecified atom stereocenters. The molecule has 1 aromatic heterocycles. The Labute approximate surface area is 106 Å². The number of aromatic nitrogens is 1. The smallest absolute Gasteiger partial charge is 0.186 e. The molecule has 0 aliphatic carbocycles. The first kappa shape index (κ1) is 12.1. The van der Waals surface area contributed by atoms with E-state index in [1.54, 1.807) is 11.3 Å². The minimum Gasteiger partial charge on any atom is -0.350 e. The highest BCUT2D eigenvalue weighted by molar-refractivity contribution is 7.14. The topological polar surface area (TPSA) is 19.4 Å². The summed E-state index contributed by atoms with van der Waals surface area (Å²) in [5.41, 5.74) is 0. The Bertz CT molecular complexity index is 342. The minimum absolute atomic E-state index is 0.602. The van der Waals surface area contributed by atoms with Crippen LogP contribution in [0.5, 0.6) is 0 Å². The van der Waals surface area contributed by atoms with E-state index in [9.17, 15) is 0 Å². The van der Waals surface area contributed by atoms with Gasteiger partial charge < -0.3 is 4.90 Å². The van der Waals surface area contributed by atoms with Gasteiger partial charge in [0.05, 0.1) is 0 Å². The standard InChI is InChI=1S/C11H18ClN3S/c1-3-15-6-4-5-9(15)7-14(2)11-13-10(12)8-16-11/h8-9H,3-7H2,1-2H3. The molecule has 5 heteroatoms. The highest BCUT2D eigenvalue weighted by Crippen LogP contribution is 2.24. The predicted octanol–water partition coefficient (Wildman–Crippen LogP) is 2.72. The van der Waals surface area contributed by atoms with Gasteiger partial charge in [0.1, 0.15) is 5.15 Å². The highest BCUT2D eigenvalue weighted by atomic mass is 35.5. The zero-order chi connectivity index (χ0) is 11.5. The van der Waals surface area contributed by atoms with Gasteiger partial charge in [0, 0.05) is 25.0 Å². The zero-order valence-electron chi connectivity index (χ0n) is 9.82. The van der Waals surface area contributed by atoms with Crippen LogP contribution >= 0.6 is 22.9 Å². The van der Waals surface area contributed by atoms with Gasteiger partial charge in [-0.15, -0.1) is 11.3 Å². The summed E-state index contributed by atoms with van der Waals surface area (Å²) in [6.45, 7) is 5.68. The first-order valence-electron chi connectivity index (χ1n) is 5.77. The molecule has 3 nitrogen and oxygen atoms in total. The number of anilines is 1. The number of likely N-dealkylation sites (tertiary alicyclic amines) is 1. The third-order valence-electron chi connectivity index (χ3n) is 3.18.